The first-order valence-electron chi connectivity index (χ1n) is 21.2. The molecule has 8 aliphatic rings. The van der Waals surface area contributed by atoms with E-state index in [1.165, 1.54) is 6.92 Å². The number of hydrogen-bond donors (Lipinski definition) is 7. The zero-order valence-corrected chi connectivity index (χ0v) is 34.4. The van der Waals surface area contributed by atoms with Crippen LogP contribution in [0.15, 0.2) is 0 Å². The fourth-order valence-corrected chi connectivity index (χ4v) is 14.9. The maximum atomic E-state index is 12.2. The third-order valence-corrected chi connectivity index (χ3v) is 17.5. The van der Waals surface area contributed by atoms with Crippen molar-refractivity contribution >= 4 is 5.97 Å². The van der Waals surface area contributed by atoms with Crippen molar-refractivity contribution < 1.29 is 69.0 Å². The summed E-state index contributed by atoms with van der Waals surface area (Å²) >= 11 is 0. The van der Waals surface area contributed by atoms with Crippen LogP contribution in [0.4, 0.5) is 0 Å². The number of aliphatic hydroxyl groups excluding tert-OH is 6. The topological polar surface area (TPSA) is 214 Å². The van der Waals surface area contributed by atoms with E-state index < -0.39 is 90.1 Å². The van der Waals surface area contributed by atoms with Crippen molar-refractivity contribution in [3.63, 3.8) is 0 Å². The lowest BCUT2D eigenvalue weighted by Crippen LogP contribution is -2.65. The van der Waals surface area contributed by atoms with Crippen LogP contribution >= 0.6 is 0 Å². The van der Waals surface area contributed by atoms with Gasteiger partial charge in [0.2, 0.25) is 0 Å². The van der Waals surface area contributed by atoms with Crippen LogP contribution in [-0.4, -0.2) is 140 Å². The largest absolute Gasteiger partial charge is 0.454 e. The van der Waals surface area contributed by atoms with Gasteiger partial charge in [-0.25, -0.2) is 0 Å². The van der Waals surface area contributed by atoms with Crippen LogP contribution < -0.4 is 0 Å². The summed E-state index contributed by atoms with van der Waals surface area (Å²) in [6.07, 6.45) is -5.11. The van der Waals surface area contributed by atoms with Crippen molar-refractivity contribution in [1.29, 1.82) is 0 Å². The molecule has 0 aromatic heterocycles. The van der Waals surface area contributed by atoms with Crippen molar-refractivity contribution in [2.24, 2.45) is 44.8 Å². The number of ether oxygens (including phenoxy) is 6. The lowest BCUT2D eigenvalue weighted by molar-refractivity contribution is -0.326. The Balaban J connectivity index is 1.14. The summed E-state index contributed by atoms with van der Waals surface area (Å²) in [6.45, 7) is 15.6. The minimum absolute atomic E-state index is 0.0423. The third kappa shape index (κ3) is 5.89. The maximum absolute atomic E-state index is 12.2. The number of rotatable bonds is 7. The highest BCUT2D eigenvalue weighted by Gasteiger charge is 2.85. The number of carbonyl (C=O) groups is 1. The average Bonchev–Trinajstić information content (AvgIpc) is 3.46. The Kier molecular flexibility index (Phi) is 10.1. The van der Waals surface area contributed by atoms with E-state index in [-0.39, 0.29) is 58.7 Å². The van der Waals surface area contributed by atoms with Crippen LogP contribution in [0.3, 0.4) is 0 Å². The first-order chi connectivity index (χ1) is 26.0. The highest BCUT2D eigenvalue weighted by Crippen LogP contribution is 2.89. The Hall–Kier alpha value is -1.01. The minimum Gasteiger partial charge on any atom is -0.454 e. The molecule has 3 saturated heterocycles. The summed E-state index contributed by atoms with van der Waals surface area (Å²) in [5.41, 5.74) is -3.02. The van der Waals surface area contributed by atoms with Gasteiger partial charge in [0.25, 0.3) is 0 Å². The van der Waals surface area contributed by atoms with Gasteiger partial charge in [0.15, 0.2) is 18.7 Å². The third-order valence-electron chi connectivity index (χ3n) is 17.5. The SMILES string of the molecule is CC(=O)O[C@H]1[C@H](O[C@H]2CC[C@]34C[C@]35CC[C@]3(C)[C@@H]([C@]6(C)CC[C@H](C(C)(C)O)O6)[C@@H](O)C[C@@]3(C)[C@@H]5C[C@H](O[C@@H]3OC[C@@H](O)[C@H](O)[C@H]3O)[C@H]4C2(C)C)OC[C@@H](O)[C@@H]1O. The van der Waals surface area contributed by atoms with Gasteiger partial charge in [-0.3, -0.25) is 4.79 Å². The van der Waals surface area contributed by atoms with Gasteiger partial charge >= 0.3 is 5.97 Å². The molecule has 5 aliphatic carbocycles. The van der Waals surface area contributed by atoms with E-state index in [9.17, 15) is 40.5 Å². The Morgan fingerprint density at radius 1 is 0.732 bits per heavy atom. The molecule has 320 valence electrons. The fraction of sp³-hybridized carbons (Fsp3) is 0.976. The van der Waals surface area contributed by atoms with Crippen molar-refractivity contribution in [2.75, 3.05) is 13.2 Å². The van der Waals surface area contributed by atoms with Crippen molar-refractivity contribution in [1.82, 2.24) is 0 Å². The zero-order valence-electron chi connectivity index (χ0n) is 34.4. The number of esters is 1. The first kappa shape index (κ1) is 41.7. The summed E-state index contributed by atoms with van der Waals surface area (Å²) in [4.78, 5) is 12.1. The first-order valence-corrected chi connectivity index (χ1v) is 21.2. The quantitative estimate of drug-likeness (QED) is 0.145. The van der Waals surface area contributed by atoms with Crippen LogP contribution in [0.2, 0.25) is 0 Å². The predicted octanol–water partition coefficient (Wildman–Crippen LogP) is 1.93. The van der Waals surface area contributed by atoms with Crippen molar-refractivity contribution in [3.8, 4) is 0 Å². The Labute approximate surface area is 330 Å². The highest BCUT2D eigenvalue weighted by molar-refractivity contribution is 5.66. The van der Waals surface area contributed by atoms with E-state index >= 15 is 0 Å². The molecule has 14 nitrogen and oxygen atoms in total. The van der Waals surface area contributed by atoms with Gasteiger partial charge < -0.3 is 64.2 Å². The standard InChI is InChI=1S/C42H68O14/c1-20(43)53-31-29(48)23(46)18-52-35(31)55-26-10-12-42-19-41(42)14-13-38(6)32(40(8)11-9-27(56-40)37(4,5)50)21(44)16-39(38,7)25(41)15-24(33(42)36(26,2)3)54-34-30(49)28(47)22(45)17-51-34/h21-35,44-50H,9-19H2,1-8H3/t21-,22+,23+,24-,25-,26-,27+,28-,29-,30+,31+,32-,33-,34-,35-,38+,39-,40-,41-,42+/m0/s1. The molecule has 3 heterocycles. The zero-order chi connectivity index (χ0) is 40.8. The van der Waals surface area contributed by atoms with Crippen LogP contribution in [0.5, 0.6) is 0 Å². The van der Waals surface area contributed by atoms with Crippen LogP contribution in [0, 0.1) is 44.8 Å². The monoisotopic (exact) mass is 796 g/mol. The Morgan fingerprint density at radius 2 is 1.39 bits per heavy atom. The normalized spacial score (nSPS) is 56.4. The molecular formula is C42H68O14. The van der Waals surface area contributed by atoms with E-state index in [0.29, 0.717) is 19.3 Å². The van der Waals surface area contributed by atoms with Crippen LogP contribution in [0.25, 0.3) is 0 Å². The van der Waals surface area contributed by atoms with E-state index in [2.05, 4.69) is 34.6 Å². The molecule has 14 heteroatoms. The Bertz CT molecular complexity index is 1520. The number of fused-ring (bicyclic) bond motifs is 2. The molecule has 0 aromatic rings. The molecule has 8 fully saturated rings. The van der Waals surface area contributed by atoms with Crippen LogP contribution in [0.1, 0.15) is 113 Å². The number of aliphatic hydroxyl groups is 7. The van der Waals surface area contributed by atoms with E-state index in [0.717, 1.165) is 38.5 Å². The van der Waals surface area contributed by atoms with Gasteiger partial charge in [0.05, 0.1) is 48.8 Å². The van der Waals surface area contributed by atoms with E-state index in [1.54, 1.807) is 13.8 Å². The summed E-state index contributed by atoms with van der Waals surface area (Å²) in [5, 5.41) is 76.5. The molecule has 20 atom stereocenters. The van der Waals surface area contributed by atoms with Crippen molar-refractivity contribution in [3.05, 3.63) is 0 Å². The minimum atomic E-state index is -1.47. The fourth-order valence-electron chi connectivity index (χ4n) is 14.9. The molecule has 0 aromatic carbocycles. The van der Waals surface area contributed by atoms with Gasteiger partial charge in [0, 0.05) is 12.8 Å². The molecule has 0 radical (unpaired) electrons. The summed E-state index contributed by atoms with van der Waals surface area (Å²) in [7, 11) is 0. The molecule has 0 amide bonds. The van der Waals surface area contributed by atoms with Gasteiger partial charge in [-0.05, 0) is 117 Å². The second kappa shape index (κ2) is 13.5. The smallest absolute Gasteiger partial charge is 0.303 e. The lowest BCUT2D eigenvalue weighted by atomic mass is 9.41. The van der Waals surface area contributed by atoms with E-state index in [4.69, 9.17) is 28.4 Å². The highest BCUT2D eigenvalue weighted by atomic mass is 16.7. The van der Waals surface area contributed by atoms with E-state index in [1.807, 2.05) is 0 Å². The molecule has 0 unspecified atom stereocenters. The van der Waals surface area contributed by atoms with Crippen molar-refractivity contribution in [2.45, 2.75) is 198 Å². The molecule has 2 spiro atoms. The number of hydrogen-bond acceptors (Lipinski definition) is 14. The lowest BCUT2D eigenvalue weighted by Gasteiger charge is -2.65. The van der Waals surface area contributed by atoms with Gasteiger partial charge in [-0.1, -0.05) is 27.7 Å². The molecular weight excluding hydrogens is 728 g/mol. The molecule has 3 aliphatic heterocycles. The summed E-state index contributed by atoms with van der Waals surface area (Å²) in [6, 6.07) is 0. The average molecular weight is 797 g/mol. The summed E-state index contributed by atoms with van der Waals surface area (Å²) < 4.78 is 37.6. The molecule has 8 rings (SSSR count). The van der Waals surface area contributed by atoms with Crippen LogP contribution in [-0.2, 0) is 33.2 Å². The predicted molar refractivity (Wildman–Crippen MR) is 197 cm³/mol. The van der Waals surface area contributed by atoms with Gasteiger partial charge in [-0.2, -0.15) is 0 Å². The second-order valence-corrected chi connectivity index (χ2v) is 21.2. The van der Waals surface area contributed by atoms with Gasteiger partial charge in [0.1, 0.15) is 30.5 Å². The molecule has 5 saturated carbocycles. The molecule has 56 heavy (non-hydrogen) atoms. The number of carbonyl (C=O) groups excluding carboxylic acids is 1. The second-order valence-electron chi connectivity index (χ2n) is 21.2. The molecule has 0 bridgehead atoms. The van der Waals surface area contributed by atoms with Gasteiger partial charge in [-0.15, -0.1) is 0 Å². The Morgan fingerprint density at radius 3 is 2.04 bits per heavy atom. The molecule has 7 N–H and O–H groups in total. The summed E-state index contributed by atoms with van der Waals surface area (Å²) in [5.74, 6) is -0.753. The maximum Gasteiger partial charge on any atom is 0.303 e.